The van der Waals surface area contributed by atoms with E-state index in [0.717, 1.165) is 11.3 Å². The number of rotatable bonds is 6. The van der Waals surface area contributed by atoms with Crippen LogP contribution in [0, 0.1) is 5.92 Å². The van der Waals surface area contributed by atoms with E-state index in [1.165, 1.54) is 9.80 Å². The molecule has 0 saturated carbocycles. The minimum absolute atomic E-state index is 0.0344. The lowest BCUT2D eigenvalue weighted by atomic mass is 10.0. The summed E-state index contributed by atoms with van der Waals surface area (Å²) in [5, 5.41) is 0.122. The Balaban J connectivity index is 1.73. The van der Waals surface area contributed by atoms with Crippen molar-refractivity contribution < 1.29 is 14.3 Å². The van der Waals surface area contributed by atoms with E-state index in [1.54, 1.807) is 30.3 Å². The molecular weight excluding hydrogens is 432 g/mol. The molecule has 0 N–H and O–H groups in total. The minimum atomic E-state index is -0.455. The molecule has 0 aromatic heterocycles. The van der Waals surface area contributed by atoms with Crippen molar-refractivity contribution in [3.8, 4) is 5.75 Å². The van der Waals surface area contributed by atoms with Crippen molar-refractivity contribution in [2.24, 2.45) is 5.92 Å². The van der Waals surface area contributed by atoms with Crippen molar-refractivity contribution in [1.29, 1.82) is 0 Å². The number of thiocarbonyl (C=S) groups is 1. The molecule has 3 aromatic carbocycles. The third-order valence-electron chi connectivity index (χ3n) is 5.05. The van der Waals surface area contributed by atoms with Gasteiger partial charge in [0.25, 0.3) is 11.8 Å². The molecule has 3 aromatic rings. The Morgan fingerprint density at radius 2 is 1.27 bits per heavy atom. The van der Waals surface area contributed by atoms with Gasteiger partial charge in [-0.1, -0.05) is 62.4 Å². The van der Waals surface area contributed by atoms with Crippen LogP contribution >= 0.6 is 12.2 Å². The summed E-state index contributed by atoms with van der Waals surface area (Å²) in [6.07, 6.45) is 1.60. The molecule has 0 spiro atoms. The van der Waals surface area contributed by atoms with Gasteiger partial charge >= 0.3 is 0 Å². The van der Waals surface area contributed by atoms with E-state index in [2.05, 4.69) is 13.8 Å². The molecule has 0 aliphatic carbocycles. The van der Waals surface area contributed by atoms with E-state index in [-0.39, 0.29) is 10.7 Å². The van der Waals surface area contributed by atoms with Gasteiger partial charge in [0, 0.05) is 0 Å². The first kappa shape index (κ1) is 22.4. The summed E-state index contributed by atoms with van der Waals surface area (Å²) in [4.78, 5) is 29.7. The standard InChI is InChI=1S/C27H24N2O3S/c1-19(2)18-32-23-15-13-20(14-16-23)17-24-25(30)28(21-9-5-3-6-10-21)27(33)29(26(24)31)22-11-7-4-8-12-22/h3-17,19H,18H2,1-2H3. The van der Waals surface area contributed by atoms with Gasteiger partial charge in [0.2, 0.25) is 0 Å². The molecule has 1 saturated heterocycles. The molecule has 166 valence electrons. The maximum absolute atomic E-state index is 13.5. The Kier molecular flexibility index (Phi) is 6.66. The molecule has 0 radical (unpaired) electrons. The van der Waals surface area contributed by atoms with E-state index in [0.29, 0.717) is 23.9 Å². The lowest BCUT2D eigenvalue weighted by Crippen LogP contribution is -2.56. The number of amides is 2. The molecule has 0 unspecified atom stereocenters. The third-order valence-corrected chi connectivity index (χ3v) is 5.42. The van der Waals surface area contributed by atoms with E-state index in [1.807, 2.05) is 60.7 Å². The molecule has 1 aliphatic rings. The highest BCUT2D eigenvalue weighted by Crippen LogP contribution is 2.30. The topological polar surface area (TPSA) is 49.9 Å². The van der Waals surface area contributed by atoms with Crippen LogP contribution in [-0.4, -0.2) is 23.5 Å². The molecular formula is C27H24N2O3S. The molecule has 1 aliphatic heterocycles. The maximum Gasteiger partial charge on any atom is 0.270 e. The summed E-state index contributed by atoms with van der Waals surface area (Å²) in [6, 6.07) is 25.5. The van der Waals surface area contributed by atoms with Gasteiger partial charge in [-0.25, -0.2) is 0 Å². The summed E-state index contributed by atoms with van der Waals surface area (Å²) >= 11 is 5.62. The number of carbonyl (C=O) groups is 2. The summed E-state index contributed by atoms with van der Waals surface area (Å²) in [7, 11) is 0. The number of para-hydroxylation sites is 2. The fraction of sp³-hybridized carbons (Fsp3) is 0.148. The number of hydrogen-bond acceptors (Lipinski definition) is 4. The first-order chi connectivity index (χ1) is 16.0. The van der Waals surface area contributed by atoms with Gasteiger partial charge < -0.3 is 4.74 Å². The summed E-state index contributed by atoms with van der Waals surface area (Å²) in [5.74, 6) is 0.248. The second-order valence-electron chi connectivity index (χ2n) is 8.07. The number of benzene rings is 3. The van der Waals surface area contributed by atoms with E-state index < -0.39 is 11.8 Å². The van der Waals surface area contributed by atoms with Crippen molar-refractivity contribution in [3.05, 3.63) is 96.1 Å². The largest absolute Gasteiger partial charge is 0.493 e. The van der Waals surface area contributed by atoms with Crippen LogP contribution in [0.4, 0.5) is 11.4 Å². The lowest BCUT2D eigenvalue weighted by Gasteiger charge is -2.36. The molecule has 0 bridgehead atoms. The Labute approximate surface area is 198 Å². The average Bonchev–Trinajstić information content (AvgIpc) is 2.83. The highest BCUT2D eigenvalue weighted by Gasteiger charge is 2.41. The predicted octanol–water partition coefficient (Wildman–Crippen LogP) is 5.47. The van der Waals surface area contributed by atoms with Gasteiger partial charge in [-0.15, -0.1) is 0 Å². The third kappa shape index (κ3) is 4.86. The summed E-state index contributed by atoms with van der Waals surface area (Å²) in [5.41, 5.74) is 1.96. The highest BCUT2D eigenvalue weighted by atomic mass is 32.1. The van der Waals surface area contributed by atoms with Crippen LogP contribution in [0.5, 0.6) is 5.75 Å². The summed E-state index contributed by atoms with van der Waals surface area (Å²) < 4.78 is 5.73. The monoisotopic (exact) mass is 456 g/mol. The van der Waals surface area contributed by atoms with Gasteiger partial charge in [0.05, 0.1) is 18.0 Å². The van der Waals surface area contributed by atoms with Gasteiger partial charge in [0.1, 0.15) is 11.3 Å². The van der Waals surface area contributed by atoms with Crippen molar-refractivity contribution in [2.75, 3.05) is 16.4 Å². The first-order valence-corrected chi connectivity index (χ1v) is 11.1. The second kappa shape index (κ2) is 9.79. The number of hydrogen-bond donors (Lipinski definition) is 0. The molecule has 1 heterocycles. The Bertz CT molecular complexity index is 1130. The second-order valence-corrected chi connectivity index (χ2v) is 8.43. The van der Waals surface area contributed by atoms with Crippen molar-refractivity contribution in [3.63, 3.8) is 0 Å². The van der Waals surface area contributed by atoms with Crippen LogP contribution in [0.1, 0.15) is 19.4 Å². The Hall–Kier alpha value is -3.77. The van der Waals surface area contributed by atoms with Gasteiger partial charge in [-0.2, -0.15) is 0 Å². The van der Waals surface area contributed by atoms with Crippen LogP contribution in [-0.2, 0) is 9.59 Å². The average molecular weight is 457 g/mol. The fourth-order valence-corrected chi connectivity index (χ4v) is 3.81. The maximum atomic E-state index is 13.5. The van der Waals surface area contributed by atoms with E-state index in [9.17, 15) is 9.59 Å². The van der Waals surface area contributed by atoms with Crippen molar-refractivity contribution in [1.82, 2.24) is 0 Å². The molecule has 1 fully saturated rings. The highest BCUT2D eigenvalue weighted by molar-refractivity contribution is 7.81. The van der Waals surface area contributed by atoms with Gasteiger partial charge in [-0.05, 0) is 66.2 Å². The first-order valence-electron chi connectivity index (χ1n) is 10.7. The van der Waals surface area contributed by atoms with Crippen LogP contribution in [0.3, 0.4) is 0 Å². The van der Waals surface area contributed by atoms with Crippen LogP contribution < -0.4 is 14.5 Å². The van der Waals surface area contributed by atoms with Crippen LogP contribution in [0.25, 0.3) is 6.08 Å². The van der Waals surface area contributed by atoms with Gasteiger partial charge in [-0.3, -0.25) is 19.4 Å². The number of anilines is 2. The smallest absolute Gasteiger partial charge is 0.270 e. The molecule has 2 amide bonds. The zero-order valence-corrected chi connectivity index (χ0v) is 19.3. The van der Waals surface area contributed by atoms with E-state index in [4.69, 9.17) is 17.0 Å². The molecule has 5 nitrogen and oxygen atoms in total. The number of ether oxygens (including phenoxy) is 1. The van der Waals surface area contributed by atoms with Crippen molar-refractivity contribution in [2.45, 2.75) is 13.8 Å². The molecule has 33 heavy (non-hydrogen) atoms. The number of carbonyl (C=O) groups excluding carboxylic acids is 2. The predicted molar refractivity (Wildman–Crippen MR) is 135 cm³/mol. The van der Waals surface area contributed by atoms with Crippen LogP contribution in [0.15, 0.2) is 90.5 Å². The molecule has 0 atom stereocenters. The minimum Gasteiger partial charge on any atom is -0.493 e. The fourth-order valence-electron chi connectivity index (χ4n) is 3.43. The van der Waals surface area contributed by atoms with Gasteiger partial charge in [0.15, 0.2) is 5.11 Å². The SMILES string of the molecule is CC(C)COc1ccc(C=C2C(=O)N(c3ccccc3)C(=S)N(c3ccccc3)C2=O)cc1. The zero-order valence-electron chi connectivity index (χ0n) is 18.5. The molecule has 6 heteroatoms. The van der Waals surface area contributed by atoms with E-state index >= 15 is 0 Å². The quantitative estimate of drug-likeness (QED) is 0.280. The van der Waals surface area contributed by atoms with Crippen molar-refractivity contribution >= 4 is 46.6 Å². The Morgan fingerprint density at radius 3 is 1.73 bits per heavy atom. The summed E-state index contributed by atoms with van der Waals surface area (Å²) in [6.45, 7) is 4.79. The number of nitrogens with zero attached hydrogens (tertiary/aromatic N) is 2. The van der Waals surface area contributed by atoms with Crippen LogP contribution in [0.2, 0.25) is 0 Å². The zero-order chi connectivity index (χ0) is 23.4. The normalized spacial score (nSPS) is 14.2. The molecule has 4 rings (SSSR count). The Morgan fingerprint density at radius 1 is 0.788 bits per heavy atom. The lowest BCUT2D eigenvalue weighted by molar-refractivity contribution is -0.120.